The maximum atomic E-state index is 2.41. The second kappa shape index (κ2) is 5.45. The van der Waals surface area contributed by atoms with Gasteiger partial charge in [0.25, 0.3) is 0 Å². The second-order valence-electron chi connectivity index (χ2n) is 8.15. The number of hydrogen-bond acceptors (Lipinski definition) is 0. The predicted octanol–water partition coefficient (Wildman–Crippen LogP) is 5.93. The molecule has 20 heavy (non-hydrogen) atoms. The molecule has 0 fully saturated rings. The zero-order chi connectivity index (χ0) is 16.0. The van der Waals surface area contributed by atoms with Crippen LogP contribution in [0.5, 0.6) is 0 Å². The number of benzene rings is 1. The van der Waals surface area contributed by atoms with Gasteiger partial charge in [-0.25, -0.2) is 0 Å². The third-order valence-corrected chi connectivity index (χ3v) is 8.33. The van der Waals surface area contributed by atoms with E-state index in [-0.39, 0.29) is 7.92 Å². The predicted molar refractivity (Wildman–Crippen MR) is 96.2 cm³/mol. The molecule has 0 saturated heterocycles. The van der Waals surface area contributed by atoms with Gasteiger partial charge in [0.05, 0.1) is 0 Å². The van der Waals surface area contributed by atoms with Crippen molar-refractivity contribution in [1.29, 1.82) is 0 Å². The van der Waals surface area contributed by atoms with E-state index < -0.39 is 0 Å². The van der Waals surface area contributed by atoms with Gasteiger partial charge in [-0.3, -0.25) is 0 Å². The highest BCUT2D eigenvalue weighted by Gasteiger charge is 2.38. The summed E-state index contributed by atoms with van der Waals surface area (Å²) in [4.78, 5) is 0. The SMILES string of the molecule is Cc1c(C)c(C)c(P(C(C)(C)C)C(C)(C)C)c(C)c1C. The minimum Gasteiger partial charge on any atom is -0.0637 e. The van der Waals surface area contributed by atoms with Crippen molar-refractivity contribution in [3.63, 3.8) is 0 Å². The highest BCUT2D eigenvalue weighted by molar-refractivity contribution is 7.68. The summed E-state index contributed by atoms with van der Waals surface area (Å²) in [6, 6.07) is 0. The Balaban J connectivity index is 3.76. The van der Waals surface area contributed by atoms with Crippen LogP contribution in [0.3, 0.4) is 0 Å². The third-order valence-electron chi connectivity index (χ3n) is 4.53. The quantitative estimate of drug-likeness (QED) is 0.562. The van der Waals surface area contributed by atoms with Crippen molar-refractivity contribution in [3.05, 3.63) is 27.8 Å². The summed E-state index contributed by atoms with van der Waals surface area (Å²) < 4.78 is 0. The summed E-state index contributed by atoms with van der Waals surface area (Å²) in [6.07, 6.45) is 0. The van der Waals surface area contributed by atoms with Gasteiger partial charge < -0.3 is 0 Å². The highest BCUT2D eigenvalue weighted by atomic mass is 31.1. The molecule has 0 aliphatic rings. The Morgan fingerprint density at radius 1 is 0.500 bits per heavy atom. The zero-order valence-electron chi connectivity index (χ0n) is 15.4. The van der Waals surface area contributed by atoms with Crippen LogP contribution in [0.1, 0.15) is 69.4 Å². The first-order valence-corrected chi connectivity index (χ1v) is 9.01. The highest BCUT2D eigenvalue weighted by Crippen LogP contribution is 2.59. The van der Waals surface area contributed by atoms with Gasteiger partial charge in [-0.05, 0) is 78.1 Å². The maximum absolute atomic E-state index is 2.41. The lowest BCUT2D eigenvalue weighted by atomic mass is 9.95. The van der Waals surface area contributed by atoms with Crippen LogP contribution in [0.2, 0.25) is 0 Å². The Labute approximate surface area is 128 Å². The van der Waals surface area contributed by atoms with Gasteiger partial charge in [0.15, 0.2) is 0 Å². The van der Waals surface area contributed by atoms with Crippen molar-refractivity contribution in [2.75, 3.05) is 0 Å². The fourth-order valence-electron chi connectivity index (χ4n) is 3.49. The molecule has 0 aromatic heterocycles. The molecule has 114 valence electrons. The molecule has 1 aromatic rings. The van der Waals surface area contributed by atoms with Gasteiger partial charge in [-0.1, -0.05) is 49.5 Å². The van der Waals surface area contributed by atoms with E-state index in [0.29, 0.717) is 10.3 Å². The van der Waals surface area contributed by atoms with E-state index in [4.69, 9.17) is 0 Å². The summed E-state index contributed by atoms with van der Waals surface area (Å²) in [5.74, 6) is 0. The summed E-state index contributed by atoms with van der Waals surface area (Å²) >= 11 is 0. The lowest BCUT2D eigenvalue weighted by Crippen LogP contribution is -2.34. The van der Waals surface area contributed by atoms with E-state index in [9.17, 15) is 0 Å². The van der Waals surface area contributed by atoms with Crippen LogP contribution in [-0.2, 0) is 0 Å². The summed E-state index contributed by atoms with van der Waals surface area (Å²) in [6.45, 7) is 26.0. The first-order valence-electron chi connectivity index (χ1n) is 7.67. The second-order valence-corrected chi connectivity index (χ2v) is 12.0. The van der Waals surface area contributed by atoms with E-state index in [1.165, 1.54) is 27.8 Å². The molecule has 0 atom stereocenters. The van der Waals surface area contributed by atoms with Crippen LogP contribution in [-0.4, -0.2) is 10.3 Å². The van der Waals surface area contributed by atoms with Gasteiger partial charge in [0, 0.05) is 0 Å². The fourth-order valence-corrected chi connectivity index (χ4v) is 7.85. The molecule has 0 bridgehead atoms. The van der Waals surface area contributed by atoms with Gasteiger partial charge in [0.1, 0.15) is 0 Å². The molecule has 1 aromatic carbocycles. The fraction of sp³-hybridized carbons (Fsp3) is 0.684. The molecule has 0 amide bonds. The minimum atomic E-state index is -0.224. The van der Waals surface area contributed by atoms with Crippen molar-refractivity contribution >= 4 is 13.2 Å². The Morgan fingerprint density at radius 2 is 0.750 bits per heavy atom. The molecule has 0 N–H and O–H groups in total. The topological polar surface area (TPSA) is 0 Å². The molecule has 1 rings (SSSR count). The first kappa shape index (κ1) is 17.7. The minimum absolute atomic E-state index is 0.224. The maximum Gasteiger partial charge on any atom is -0.0134 e. The summed E-state index contributed by atoms with van der Waals surface area (Å²) in [5.41, 5.74) is 7.51. The van der Waals surface area contributed by atoms with Crippen molar-refractivity contribution in [3.8, 4) is 0 Å². The lowest BCUT2D eigenvalue weighted by molar-refractivity contribution is 0.714. The van der Waals surface area contributed by atoms with Crippen LogP contribution in [0.4, 0.5) is 0 Å². The monoisotopic (exact) mass is 292 g/mol. The smallest absolute Gasteiger partial charge is 0.0134 e. The summed E-state index contributed by atoms with van der Waals surface area (Å²) in [7, 11) is -0.224. The first-order chi connectivity index (χ1) is 8.80. The van der Waals surface area contributed by atoms with Crippen molar-refractivity contribution in [2.24, 2.45) is 0 Å². The molecule has 0 spiro atoms. The van der Waals surface area contributed by atoms with Crippen LogP contribution >= 0.6 is 7.92 Å². The molecule has 0 aliphatic carbocycles. The summed E-state index contributed by atoms with van der Waals surface area (Å²) in [5, 5.41) is 2.31. The molecular weight excluding hydrogens is 259 g/mol. The Hall–Kier alpha value is -0.350. The van der Waals surface area contributed by atoms with Crippen LogP contribution < -0.4 is 5.30 Å². The van der Waals surface area contributed by atoms with Gasteiger partial charge in [-0.2, -0.15) is 0 Å². The molecule has 1 heteroatoms. The van der Waals surface area contributed by atoms with E-state index in [1.807, 2.05) is 0 Å². The van der Waals surface area contributed by atoms with Gasteiger partial charge >= 0.3 is 0 Å². The van der Waals surface area contributed by atoms with E-state index in [2.05, 4.69) is 76.2 Å². The number of hydrogen-bond donors (Lipinski definition) is 0. The van der Waals surface area contributed by atoms with Crippen molar-refractivity contribution in [1.82, 2.24) is 0 Å². The third kappa shape index (κ3) is 3.11. The average molecular weight is 292 g/mol. The van der Waals surface area contributed by atoms with Crippen LogP contribution in [0.15, 0.2) is 0 Å². The van der Waals surface area contributed by atoms with E-state index in [1.54, 1.807) is 5.30 Å². The molecule has 0 heterocycles. The van der Waals surface area contributed by atoms with Crippen LogP contribution in [0.25, 0.3) is 0 Å². The molecule has 0 unspecified atom stereocenters. The molecular formula is C19H33P. The van der Waals surface area contributed by atoms with E-state index >= 15 is 0 Å². The molecule has 0 saturated carbocycles. The zero-order valence-corrected chi connectivity index (χ0v) is 16.3. The Morgan fingerprint density at radius 3 is 1.00 bits per heavy atom. The van der Waals surface area contributed by atoms with E-state index in [0.717, 1.165) is 0 Å². The van der Waals surface area contributed by atoms with Gasteiger partial charge in [-0.15, -0.1) is 0 Å². The Kier molecular flexibility index (Phi) is 4.82. The molecule has 0 radical (unpaired) electrons. The number of rotatable bonds is 1. The van der Waals surface area contributed by atoms with Crippen molar-refractivity contribution in [2.45, 2.75) is 86.5 Å². The molecule has 0 aliphatic heterocycles. The normalized spacial score (nSPS) is 13.2. The van der Waals surface area contributed by atoms with Gasteiger partial charge in [0.2, 0.25) is 0 Å². The largest absolute Gasteiger partial charge is 0.0637 e. The average Bonchev–Trinajstić information content (AvgIpc) is 2.26. The molecule has 0 nitrogen and oxygen atoms in total. The lowest BCUT2D eigenvalue weighted by Gasteiger charge is -2.44. The standard InChI is InChI=1S/C19H33P/c1-12-13(2)15(4)17(16(5)14(12)3)20(18(6,7)8)19(9,10)11/h1-11H3. The van der Waals surface area contributed by atoms with Crippen LogP contribution in [0, 0.1) is 34.6 Å². The van der Waals surface area contributed by atoms with Crippen molar-refractivity contribution < 1.29 is 0 Å². The Bertz CT molecular complexity index is 467.